The molecule has 1 heterocycles. The van der Waals surface area contributed by atoms with Crippen LogP contribution in [0.1, 0.15) is 11.4 Å². The molecule has 0 unspecified atom stereocenters. The van der Waals surface area contributed by atoms with Gasteiger partial charge in [-0.2, -0.15) is 13.2 Å². The third-order valence-corrected chi connectivity index (χ3v) is 2.63. The number of imidazole rings is 1. The number of aromatic nitrogens is 2. The summed E-state index contributed by atoms with van der Waals surface area (Å²) in [7, 11) is 0. The summed E-state index contributed by atoms with van der Waals surface area (Å²) in [5.74, 6) is -1.11. The Hall–Kier alpha value is -2.38. The Kier molecular flexibility index (Phi) is 3.01. The zero-order valence-electron chi connectivity index (χ0n) is 9.68. The molecule has 1 aromatic carbocycles. The van der Waals surface area contributed by atoms with Crippen LogP contribution in [-0.4, -0.2) is 14.5 Å². The first kappa shape index (κ1) is 13.1. The molecule has 0 amide bonds. The molecule has 0 radical (unpaired) electrons. The first-order valence-corrected chi connectivity index (χ1v) is 5.17. The second kappa shape index (κ2) is 4.38. The predicted molar refractivity (Wildman–Crippen MR) is 60.0 cm³/mol. The van der Waals surface area contributed by atoms with Gasteiger partial charge in [0.05, 0.1) is 16.2 Å². The van der Waals surface area contributed by atoms with Crippen LogP contribution in [-0.2, 0) is 6.18 Å². The van der Waals surface area contributed by atoms with Crippen molar-refractivity contribution in [2.75, 3.05) is 0 Å². The molecule has 2 aromatic rings. The average molecular weight is 271 g/mol. The molecule has 5 nitrogen and oxygen atoms in total. The monoisotopic (exact) mass is 271 g/mol. The molecular weight excluding hydrogens is 263 g/mol. The molecule has 19 heavy (non-hydrogen) atoms. The Morgan fingerprint density at radius 2 is 2.05 bits per heavy atom. The molecule has 8 heteroatoms. The molecule has 0 N–H and O–H groups in total. The van der Waals surface area contributed by atoms with E-state index in [0.717, 1.165) is 17.0 Å². The van der Waals surface area contributed by atoms with Gasteiger partial charge in [0.15, 0.2) is 0 Å². The van der Waals surface area contributed by atoms with Crippen LogP contribution in [0.2, 0.25) is 0 Å². The van der Waals surface area contributed by atoms with Crippen molar-refractivity contribution in [3.8, 4) is 5.69 Å². The number of hydrogen-bond acceptors (Lipinski definition) is 3. The van der Waals surface area contributed by atoms with Crippen LogP contribution >= 0.6 is 0 Å². The van der Waals surface area contributed by atoms with Gasteiger partial charge in [-0.15, -0.1) is 0 Å². The first-order chi connectivity index (χ1) is 8.82. The van der Waals surface area contributed by atoms with Gasteiger partial charge in [0.2, 0.25) is 5.82 Å². The van der Waals surface area contributed by atoms with Crippen molar-refractivity contribution in [1.29, 1.82) is 0 Å². The molecule has 0 aliphatic carbocycles. The highest BCUT2D eigenvalue weighted by atomic mass is 19.4. The maximum Gasteiger partial charge on any atom is 0.450 e. The molecule has 2 rings (SSSR count). The molecule has 100 valence electrons. The quantitative estimate of drug-likeness (QED) is 0.622. The van der Waals surface area contributed by atoms with Gasteiger partial charge < -0.3 is 0 Å². The summed E-state index contributed by atoms with van der Waals surface area (Å²) in [6.07, 6.45) is -2.50. The van der Waals surface area contributed by atoms with Crippen LogP contribution < -0.4 is 0 Å². The number of nitro benzene ring substituents is 1. The molecule has 0 aliphatic heterocycles. The molecule has 0 saturated carbocycles. The SMILES string of the molecule is Cc1c(-n2ccnc2C(F)(F)F)cccc1[N+](=O)[O-]. The Labute approximate surface area is 105 Å². The fourth-order valence-corrected chi connectivity index (χ4v) is 1.78. The van der Waals surface area contributed by atoms with Crippen molar-refractivity contribution in [3.63, 3.8) is 0 Å². The molecular formula is C11H8F3N3O2. The van der Waals surface area contributed by atoms with E-state index in [-0.39, 0.29) is 16.9 Å². The fourth-order valence-electron chi connectivity index (χ4n) is 1.78. The van der Waals surface area contributed by atoms with Crippen LogP contribution in [0.4, 0.5) is 18.9 Å². The Balaban J connectivity index is 2.64. The fraction of sp³-hybridized carbons (Fsp3) is 0.182. The number of alkyl halides is 3. The van der Waals surface area contributed by atoms with Crippen molar-refractivity contribution >= 4 is 5.69 Å². The number of nitrogens with zero attached hydrogens (tertiary/aromatic N) is 3. The number of halogens is 3. The van der Waals surface area contributed by atoms with Crippen LogP contribution in [0.5, 0.6) is 0 Å². The Bertz CT molecular complexity index is 634. The van der Waals surface area contributed by atoms with Crippen LogP contribution in [0.25, 0.3) is 5.69 Å². The third kappa shape index (κ3) is 2.28. The van der Waals surface area contributed by atoms with Gasteiger partial charge in [-0.3, -0.25) is 14.7 Å². The topological polar surface area (TPSA) is 61.0 Å². The zero-order chi connectivity index (χ0) is 14.2. The van der Waals surface area contributed by atoms with E-state index in [9.17, 15) is 23.3 Å². The van der Waals surface area contributed by atoms with Crippen molar-refractivity contribution in [1.82, 2.24) is 9.55 Å². The van der Waals surface area contributed by atoms with Gasteiger partial charge in [-0.1, -0.05) is 6.07 Å². The summed E-state index contributed by atoms with van der Waals surface area (Å²) in [5, 5.41) is 10.8. The summed E-state index contributed by atoms with van der Waals surface area (Å²) < 4.78 is 39.0. The second-order valence-electron chi connectivity index (χ2n) is 3.80. The predicted octanol–water partition coefficient (Wildman–Crippen LogP) is 3.11. The standard InChI is InChI=1S/C11H8F3N3O2/c1-7-8(3-2-4-9(7)17(18)19)16-6-5-15-10(16)11(12,13)14/h2-6H,1H3. The number of hydrogen-bond donors (Lipinski definition) is 0. The van der Waals surface area contributed by atoms with Crippen LogP contribution in [0, 0.1) is 17.0 Å². The maximum absolute atomic E-state index is 12.7. The molecule has 0 fully saturated rings. The van der Waals surface area contributed by atoms with Gasteiger partial charge in [0.25, 0.3) is 5.69 Å². The van der Waals surface area contributed by atoms with Gasteiger partial charge in [-0.25, -0.2) is 4.98 Å². The summed E-state index contributed by atoms with van der Waals surface area (Å²) in [6.45, 7) is 1.40. The van der Waals surface area contributed by atoms with Crippen molar-refractivity contribution in [2.24, 2.45) is 0 Å². The molecule has 0 saturated heterocycles. The highest BCUT2D eigenvalue weighted by Gasteiger charge is 2.37. The molecule has 0 spiro atoms. The molecule has 1 aromatic heterocycles. The molecule has 0 bridgehead atoms. The lowest BCUT2D eigenvalue weighted by Crippen LogP contribution is -2.14. The summed E-state index contributed by atoms with van der Waals surface area (Å²) >= 11 is 0. The van der Waals surface area contributed by atoms with Gasteiger partial charge >= 0.3 is 6.18 Å². The lowest BCUT2D eigenvalue weighted by atomic mass is 10.1. The maximum atomic E-state index is 12.7. The number of nitro groups is 1. The van der Waals surface area contributed by atoms with Crippen LogP contribution in [0.15, 0.2) is 30.6 Å². The number of benzene rings is 1. The summed E-state index contributed by atoms with van der Waals surface area (Å²) in [6, 6.07) is 3.95. The van der Waals surface area contributed by atoms with Crippen molar-refractivity contribution < 1.29 is 18.1 Å². The van der Waals surface area contributed by atoms with E-state index in [1.54, 1.807) is 0 Å². The van der Waals surface area contributed by atoms with E-state index in [0.29, 0.717) is 0 Å². The van der Waals surface area contributed by atoms with E-state index < -0.39 is 16.9 Å². The van der Waals surface area contributed by atoms with E-state index in [2.05, 4.69) is 4.98 Å². The summed E-state index contributed by atoms with van der Waals surface area (Å²) in [5.41, 5.74) is -0.00523. The molecule has 0 aliphatic rings. The number of rotatable bonds is 2. The highest BCUT2D eigenvalue weighted by molar-refractivity contribution is 5.53. The first-order valence-electron chi connectivity index (χ1n) is 5.17. The smallest absolute Gasteiger partial charge is 0.296 e. The van der Waals surface area contributed by atoms with E-state index >= 15 is 0 Å². The van der Waals surface area contributed by atoms with E-state index in [1.807, 2.05) is 0 Å². The normalized spacial score (nSPS) is 11.6. The molecule has 0 atom stereocenters. The largest absolute Gasteiger partial charge is 0.450 e. The lowest BCUT2D eigenvalue weighted by molar-refractivity contribution is -0.385. The lowest BCUT2D eigenvalue weighted by Gasteiger charge is -2.12. The summed E-state index contributed by atoms with van der Waals surface area (Å²) in [4.78, 5) is 13.4. The minimum absolute atomic E-state index is 0.0824. The Morgan fingerprint density at radius 3 is 2.63 bits per heavy atom. The van der Waals surface area contributed by atoms with Gasteiger partial charge in [0, 0.05) is 18.5 Å². The minimum atomic E-state index is -4.62. The van der Waals surface area contributed by atoms with Gasteiger partial charge in [-0.05, 0) is 13.0 Å². The minimum Gasteiger partial charge on any atom is -0.296 e. The van der Waals surface area contributed by atoms with Crippen molar-refractivity contribution in [2.45, 2.75) is 13.1 Å². The van der Waals surface area contributed by atoms with E-state index in [4.69, 9.17) is 0 Å². The van der Waals surface area contributed by atoms with E-state index in [1.165, 1.54) is 25.1 Å². The second-order valence-corrected chi connectivity index (χ2v) is 3.80. The highest BCUT2D eigenvalue weighted by Crippen LogP contribution is 2.32. The van der Waals surface area contributed by atoms with Crippen molar-refractivity contribution in [3.05, 3.63) is 52.1 Å². The Morgan fingerprint density at radius 1 is 1.37 bits per heavy atom. The van der Waals surface area contributed by atoms with Gasteiger partial charge in [0.1, 0.15) is 0 Å². The third-order valence-electron chi connectivity index (χ3n) is 2.63. The average Bonchev–Trinajstić information content (AvgIpc) is 2.77. The zero-order valence-corrected chi connectivity index (χ0v) is 9.68. The van der Waals surface area contributed by atoms with Crippen LogP contribution in [0.3, 0.4) is 0 Å².